The molecular formula is C10H19N. The van der Waals surface area contributed by atoms with Crippen LogP contribution in [0, 0.1) is 5.92 Å². The van der Waals surface area contributed by atoms with Gasteiger partial charge in [-0.15, -0.1) is 0 Å². The molecule has 0 radical (unpaired) electrons. The van der Waals surface area contributed by atoms with Crippen molar-refractivity contribution < 1.29 is 0 Å². The normalized spacial score (nSPS) is 24.1. The maximum Gasteiger partial charge on any atom is -0.00116 e. The van der Waals surface area contributed by atoms with Crippen LogP contribution in [0.1, 0.15) is 33.1 Å². The van der Waals surface area contributed by atoms with Crippen LogP contribution in [-0.4, -0.2) is 13.1 Å². The second kappa shape index (κ2) is 4.55. The first kappa shape index (κ1) is 8.79. The third-order valence-electron chi connectivity index (χ3n) is 2.04. The first-order chi connectivity index (χ1) is 5.29. The van der Waals surface area contributed by atoms with E-state index in [1.54, 1.807) is 5.57 Å². The summed E-state index contributed by atoms with van der Waals surface area (Å²) >= 11 is 0. The summed E-state index contributed by atoms with van der Waals surface area (Å²) < 4.78 is 0. The highest BCUT2D eigenvalue weighted by Gasteiger charge is 2.03. The third-order valence-corrected chi connectivity index (χ3v) is 2.04. The lowest BCUT2D eigenvalue weighted by Crippen LogP contribution is -2.13. The number of allylic oxidation sites excluding steroid dienone is 1. The van der Waals surface area contributed by atoms with E-state index in [4.69, 9.17) is 0 Å². The molecule has 0 amide bonds. The van der Waals surface area contributed by atoms with Gasteiger partial charge in [-0.3, -0.25) is 0 Å². The molecule has 1 heteroatoms. The van der Waals surface area contributed by atoms with Crippen LogP contribution in [0.5, 0.6) is 0 Å². The van der Waals surface area contributed by atoms with Crippen LogP contribution in [0.25, 0.3) is 0 Å². The van der Waals surface area contributed by atoms with Crippen molar-refractivity contribution in [3.8, 4) is 0 Å². The van der Waals surface area contributed by atoms with E-state index in [0.29, 0.717) is 0 Å². The van der Waals surface area contributed by atoms with Gasteiger partial charge >= 0.3 is 0 Å². The van der Waals surface area contributed by atoms with Gasteiger partial charge in [-0.2, -0.15) is 0 Å². The lowest BCUT2D eigenvalue weighted by molar-refractivity contribution is 0.703. The molecule has 0 aromatic carbocycles. The SMILES string of the molecule is CC(C)/C=C1/CCCNCC1. The highest BCUT2D eigenvalue weighted by molar-refractivity contribution is 5.04. The molecule has 1 aliphatic rings. The van der Waals surface area contributed by atoms with Gasteiger partial charge in [-0.05, 0) is 38.3 Å². The fourth-order valence-electron chi connectivity index (χ4n) is 1.58. The van der Waals surface area contributed by atoms with Crippen molar-refractivity contribution in [1.29, 1.82) is 0 Å². The Bertz CT molecular complexity index is 126. The van der Waals surface area contributed by atoms with Gasteiger partial charge in [0.05, 0.1) is 0 Å². The molecule has 0 saturated carbocycles. The predicted molar refractivity (Wildman–Crippen MR) is 49.6 cm³/mol. The molecule has 0 bridgehead atoms. The Morgan fingerprint density at radius 2 is 2.09 bits per heavy atom. The Kier molecular flexibility index (Phi) is 3.64. The molecule has 0 unspecified atom stereocenters. The zero-order chi connectivity index (χ0) is 8.10. The van der Waals surface area contributed by atoms with Gasteiger partial charge in [0.25, 0.3) is 0 Å². The molecule has 0 aromatic heterocycles. The molecule has 1 N–H and O–H groups in total. The molecule has 1 fully saturated rings. The average Bonchev–Trinajstić information content (AvgIpc) is 2.14. The number of hydrogen-bond acceptors (Lipinski definition) is 1. The van der Waals surface area contributed by atoms with E-state index in [-0.39, 0.29) is 0 Å². The van der Waals surface area contributed by atoms with Crippen LogP contribution >= 0.6 is 0 Å². The average molecular weight is 153 g/mol. The zero-order valence-electron chi connectivity index (χ0n) is 7.69. The highest BCUT2D eigenvalue weighted by atomic mass is 14.8. The van der Waals surface area contributed by atoms with Crippen molar-refractivity contribution in [2.24, 2.45) is 5.92 Å². The lowest BCUT2D eigenvalue weighted by atomic mass is 10.0. The molecule has 1 nitrogen and oxygen atoms in total. The summed E-state index contributed by atoms with van der Waals surface area (Å²) in [4.78, 5) is 0. The van der Waals surface area contributed by atoms with E-state index < -0.39 is 0 Å². The maximum absolute atomic E-state index is 3.41. The van der Waals surface area contributed by atoms with E-state index in [1.807, 2.05) is 0 Å². The van der Waals surface area contributed by atoms with Gasteiger partial charge in [0.2, 0.25) is 0 Å². The van der Waals surface area contributed by atoms with Crippen molar-refractivity contribution >= 4 is 0 Å². The van der Waals surface area contributed by atoms with Crippen LogP contribution in [0.2, 0.25) is 0 Å². The van der Waals surface area contributed by atoms with Crippen LogP contribution in [0.15, 0.2) is 11.6 Å². The minimum absolute atomic E-state index is 0.725. The standard InChI is InChI=1S/C10H19N/c1-9(2)8-10-4-3-6-11-7-5-10/h8-9,11H,3-7H2,1-2H3/b10-8-. The molecule has 64 valence electrons. The van der Waals surface area contributed by atoms with Gasteiger partial charge < -0.3 is 5.32 Å². The van der Waals surface area contributed by atoms with Crippen LogP contribution in [0.3, 0.4) is 0 Å². The van der Waals surface area contributed by atoms with Crippen molar-refractivity contribution in [2.75, 3.05) is 13.1 Å². The number of nitrogens with one attached hydrogen (secondary N) is 1. The molecule has 11 heavy (non-hydrogen) atoms. The van der Waals surface area contributed by atoms with Gasteiger partial charge in [0.1, 0.15) is 0 Å². The molecule has 0 aromatic rings. The topological polar surface area (TPSA) is 12.0 Å². The second-order valence-corrected chi connectivity index (χ2v) is 3.67. The fraction of sp³-hybridized carbons (Fsp3) is 0.800. The summed E-state index contributed by atoms with van der Waals surface area (Å²) in [5, 5.41) is 3.41. The smallest absolute Gasteiger partial charge is 0.00116 e. The molecule has 1 aliphatic heterocycles. The van der Waals surface area contributed by atoms with Crippen molar-refractivity contribution in [1.82, 2.24) is 5.32 Å². The Hall–Kier alpha value is -0.300. The summed E-state index contributed by atoms with van der Waals surface area (Å²) in [5.41, 5.74) is 1.66. The Labute approximate surface area is 69.9 Å². The van der Waals surface area contributed by atoms with E-state index >= 15 is 0 Å². The molecular weight excluding hydrogens is 134 g/mol. The lowest BCUT2D eigenvalue weighted by Gasteiger charge is -2.03. The first-order valence-electron chi connectivity index (χ1n) is 4.69. The molecule has 0 aliphatic carbocycles. The fourth-order valence-corrected chi connectivity index (χ4v) is 1.58. The van der Waals surface area contributed by atoms with Crippen LogP contribution < -0.4 is 5.32 Å². The summed E-state index contributed by atoms with van der Waals surface area (Å²) in [6.45, 7) is 6.89. The molecule has 0 spiro atoms. The van der Waals surface area contributed by atoms with E-state index in [0.717, 1.165) is 5.92 Å². The maximum atomic E-state index is 3.41. The highest BCUT2D eigenvalue weighted by Crippen LogP contribution is 2.14. The Morgan fingerprint density at radius 3 is 2.82 bits per heavy atom. The molecule has 1 heterocycles. The summed E-state index contributed by atoms with van der Waals surface area (Å²) in [6, 6.07) is 0. The molecule has 1 saturated heterocycles. The minimum atomic E-state index is 0.725. The van der Waals surface area contributed by atoms with Crippen LogP contribution in [-0.2, 0) is 0 Å². The summed E-state index contributed by atoms with van der Waals surface area (Å²) in [7, 11) is 0. The molecule has 1 rings (SSSR count). The van der Waals surface area contributed by atoms with Crippen molar-refractivity contribution in [3.05, 3.63) is 11.6 Å². The first-order valence-corrected chi connectivity index (χ1v) is 4.69. The second-order valence-electron chi connectivity index (χ2n) is 3.67. The number of rotatable bonds is 1. The van der Waals surface area contributed by atoms with Crippen LogP contribution in [0.4, 0.5) is 0 Å². The monoisotopic (exact) mass is 153 g/mol. The Balaban J connectivity index is 2.42. The number of hydrogen-bond donors (Lipinski definition) is 1. The van der Waals surface area contributed by atoms with E-state index in [2.05, 4.69) is 25.2 Å². The predicted octanol–water partition coefficient (Wildman–Crippen LogP) is 2.34. The summed E-state index contributed by atoms with van der Waals surface area (Å²) in [6.07, 6.45) is 6.31. The molecule has 0 atom stereocenters. The van der Waals surface area contributed by atoms with Gasteiger partial charge in [0, 0.05) is 0 Å². The third kappa shape index (κ3) is 3.57. The van der Waals surface area contributed by atoms with Crippen molar-refractivity contribution in [2.45, 2.75) is 33.1 Å². The largest absolute Gasteiger partial charge is 0.316 e. The van der Waals surface area contributed by atoms with Gasteiger partial charge in [-0.25, -0.2) is 0 Å². The van der Waals surface area contributed by atoms with Crippen molar-refractivity contribution in [3.63, 3.8) is 0 Å². The van der Waals surface area contributed by atoms with E-state index in [9.17, 15) is 0 Å². The minimum Gasteiger partial charge on any atom is -0.316 e. The summed E-state index contributed by atoms with van der Waals surface area (Å²) in [5.74, 6) is 0.725. The van der Waals surface area contributed by atoms with E-state index in [1.165, 1.54) is 32.4 Å². The Morgan fingerprint density at radius 1 is 1.27 bits per heavy atom. The van der Waals surface area contributed by atoms with Gasteiger partial charge in [-0.1, -0.05) is 25.5 Å². The van der Waals surface area contributed by atoms with Gasteiger partial charge in [0.15, 0.2) is 0 Å². The zero-order valence-corrected chi connectivity index (χ0v) is 7.69. The quantitative estimate of drug-likeness (QED) is 0.570.